The molecule has 0 aromatic heterocycles. The van der Waals surface area contributed by atoms with Gasteiger partial charge in [0.05, 0.1) is 0 Å². The number of aryl methyl sites for hydroxylation is 3. The van der Waals surface area contributed by atoms with Crippen LogP contribution >= 0.6 is 0 Å². The van der Waals surface area contributed by atoms with Crippen LogP contribution in [0.3, 0.4) is 0 Å². The summed E-state index contributed by atoms with van der Waals surface area (Å²) in [6.07, 6.45) is 0. The molecule has 0 amide bonds. The van der Waals surface area contributed by atoms with E-state index in [2.05, 4.69) is 208 Å². The van der Waals surface area contributed by atoms with Crippen LogP contribution in [0, 0.1) is 20.8 Å². The summed E-state index contributed by atoms with van der Waals surface area (Å²) in [7, 11) is 0. The van der Waals surface area contributed by atoms with Crippen molar-refractivity contribution in [3.8, 4) is 33.4 Å². The molecule has 1 heteroatoms. The maximum Gasteiger partial charge on any atom is 0.0468 e. The minimum absolute atomic E-state index is 1.13. The number of hydrogen-bond donors (Lipinski definition) is 0. The van der Waals surface area contributed by atoms with Crippen LogP contribution in [0.5, 0.6) is 0 Å². The highest BCUT2D eigenvalue weighted by molar-refractivity contribution is 6.33. The Morgan fingerprint density at radius 1 is 0.308 bits per heavy atom. The van der Waals surface area contributed by atoms with Crippen LogP contribution in [0.1, 0.15) is 16.7 Å². The van der Waals surface area contributed by atoms with Gasteiger partial charge in [-0.2, -0.15) is 0 Å². The smallest absolute Gasteiger partial charge is 0.0468 e. The first-order valence-corrected chi connectivity index (χ1v) is 18.1. The molecule has 0 saturated heterocycles. The van der Waals surface area contributed by atoms with Crippen molar-refractivity contribution in [1.82, 2.24) is 0 Å². The SMILES string of the molecule is Cc1ccc(-c2cc(-c3ccccc3)c3c4ccccc4c4cc(N(c5cccc(C)c5)c5cccc(C)c5)ccc4c3c2-c2ccccc2)cc1. The fourth-order valence-electron chi connectivity index (χ4n) is 7.97. The molecular formula is C51H39N. The molecule has 0 aliphatic heterocycles. The van der Waals surface area contributed by atoms with Crippen LogP contribution in [0.25, 0.3) is 65.7 Å². The largest absolute Gasteiger partial charge is 0.310 e. The fourth-order valence-corrected chi connectivity index (χ4v) is 7.97. The Bertz CT molecular complexity index is 2700. The lowest BCUT2D eigenvalue weighted by Gasteiger charge is -2.27. The zero-order chi connectivity index (χ0) is 35.2. The van der Waals surface area contributed by atoms with Crippen LogP contribution in [0.4, 0.5) is 17.1 Å². The molecule has 0 N–H and O–H groups in total. The van der Waals surface area contributed by atoms with Gasteiger partial charge in [0.15, 0.2) is 0 Å². The maximum atomic E-state index is 2.44. The molecule has 0 atom stereocenters. The molecule has 0 bridgehead atoms. The minimum Gasteiger partial charge on any atom is -0.310 e. The number of rotatable bonds is 6. The number of hydrogen-bond acceptors (Lipinski definition) is 1. The van der Waals surface area contributed by atoms with Gasteiger partial charge in [-0.05, 0) is 140 Å². The van der Waals surface area contributed by atoms with Gasteiger partial charge >= 0.3 is 0 Å². The van der Waals surface area contributed by atoms with E-state index in [-0.39, 0.29) is 0 Å². The van der Waals surface area contributed by atoms with Crippen LogP contribution in [0.2, 0.25) is 0 Å². The standard InChI is InChI=1S/C51H39N/c1-34-24-26-38(27-25-34)46-33-47(37-16-6-4-7-17-37)50-44-23-11-10-22-43(44)48-32-42(28-29-45(48)51(50)49(46)39-18-8-5-9-19-39)52(40-20-12-14-35(2)30-40)41-21-13-15-36(3)31-41/h4-33H,1-3H3. The van der Waals surface area contributed by atoms with Gasteiger partial charge in [0.1, 0.15) is 0 Å². The van der Waals surface area contributed by atoms with E-state index in [1.807, 2.05) is 0 Å². The molecule has 9 aromatic carbocycles. The number of anilines is 3. The van der Waals surface area contributed by atoms with Gasteiger partial charge < -0.3 is 4.90 Å². The summed E-state index contributed by atoms with van der Waals surface area (Å²) in [5.74, 6) is 0. The number of fused-ring (bicyclic) bond motifs is 6. The minimum atomic E-state index is 1.13. The second-order valence-corrected chi connectivity index (χ2v) is 14.0. The molecule has 0 aliphatic carbocycles. The molecule has 1 nitrogen and oxygen atoms in total. The van der Waals surface area contributed by atoms with Crippen LogP contribution in [-0.4, -0.2) is 0 Å². The molecule has 9 aromatic rings. The van der Waals surface area contributed by atoms with Crippen LogP contribution in [-0.2, 0) is 0 Å². The third-order valence-electron chi connectivity index (χ3n) is 10.4. The van der Waals surface area contributed by atoms with Crippen LogP contribution < -0.4 is 4.90 Å². The topological polar surface area (TPSA) is 3.24 Å². The Morgan fingerprint density at radius 2 is 0.846 bits per heavy atom. The molecular weight excluding hydrogens is 627 g/mol. The normalized spacial score (nSPS) is 11.4. The third-order valence-corrected chi connectivity index (χ3v) is 10.4. The van der Waals surface area contributed by atoms with Gasteiger partial charge in [0.2, 0.25) is 0 Å². The van der Waals surface area contributed by atoms with Crippen molar-refractivity contribution in [1.29, 1.82) is 0 Å². The highest BCUT2D eigenvalue weighted by atomic mass is 15.1. The van der Waals surface area contributed by atoms with Crippen molar-refractivity contribution in [2.24, 2.45) is 0 Å². The average Bonchev–Trinajstić information content (AvgIpc) is 3.18. The molecule has 0 saturated carbocycles. The molecule has 0 aliphatic rings. The summed E-state index contributed by atoms with van der Waals surface area (Å²) in [5.41, 5.74) is 14.5. The van der Waals surface area contributed by atoms with E-state index in [0.29, 0.717) is 0 Å². The highest BCUT2D eigenvalue weighted by Gasteiger charge is 2.23. The summed E-state index contributed by atoms with van der Waals surface area (Å²) >= 11 is 0. The van der Waals surface area contributed by atoms with E-state index >= 15 is 0 Å². The van der Waals surface area contributed by atoms with Crippen LogP contribution in [0.15, 0.2) is 182 Å². The number of nitrogens with zero attached hydrogens (tertiary/aromatic N) is 1. The van der Waals surface area contributed by atoms with Crippen molar-refractivity contribution in [2.75, 3.05) is 4.90 Å². The first-order valence-electron chi connectivity index (χ1n) is 18.1. The monoisotopic (exact) mass is 665 g/mol. The summed E-state index contributed by atoms with van der Waals surface area (Å²) in [4.78, 5) is 2.40. The Kier molecular flexibility index (Phi) is 7.90. The first-order chi connectivity index (χ1) is 25.5. The van der Waals surface area contributed by atoms with Gasteiger partial charge in [-0.1, -0.05) is 145 Å². The molecule has 0 fully saturated rings. The predicted molar refractivity (Wildman–Crippen MR) is 224 cm³/mol. The van der Waals surface area contributed by atoms with E-state index in [4.69, 9.17) is 0 Å². The van der Waals surface area contributed by atoms with E-state index in [9.17, 15) is 0 Å². The van der Waals surface area contributed by atoms with Crippen molar-refractivity contribution in [3.63, 3.8) is 0 Å². The van der Waals surface area contributed by atoms with Gasteiger partial charge in [-0.15, -0.1) is 0 Å². The molecule has 9 rings (SSSR count). The zero-order valence-corrected chi connectivity index (χ0v) is 29.8. The second-order valence-electron chi connectivity index (χ2n) is 14.0. The molecule has 52 heavy (non-hydrogen) atoms. The van der Waals surface area contributed by atoms with E-state index < -0.39 is 0 Å². The van der Waals surface area contributed by atoms with Gasteiger partial charge in [0.25, 0.3) is 0 Å². The van der Waals surface area contributed by atoms with E-state index in [1.165, 1.54) is 82.4 Å². The Hall–Kier alpha value is -6.44. The maximum absolute atomic E-state index is 2.44. The molecule has 0 heterocycles. The quantitative estimate of drug-likeness (QED) is 0.160. The Labute approximate surface area is 306 Å². The summed E-state index contributed by atoms with van der Waals surface area (Å²) in [6.45, 7) is 6.49. The summed E-state index contributed by atoms with van der Waals surface area (Å²) in [6, 6.07) is 67.0. The average molecular weight is 666 g/mol. The Balaban J connectivity index is 1.46. The van der Waals surface area contributed by atoms with E-state index in [0.717, 1.165) is 17.1 Å². The fraction of sp³-hybridized carbons (Fsp3) is 0.0588. The zero-order valence-electron chi connectivity index (χ0n) is 29.8. The second kappa shape index (κ2) is 13.0. The van der Waals surface area contributed by atoms with Crippen molar-refractivity contribution in [2.45, 2.75) is 20.8 Å². The molecule has 0 radical (unpaired) electrons. The third kappa shape index (κ3) is 5.52. The lowest BCUT2D eigenvalue weighted by molar-refractivity contribution is 1.26. The molecule has 0 spiro atoms. The van der Waals surface area contributed by atoms with Crippen molar-refractivity contribution >= 4 is 49.4 Å². The lowest BCUT2D eigenvalue weighted by Crippen LogP contribution is -2.10. The Morgan fingerprint density at radius 3 is 1.48 bits per heavy atom. The number of benzene rings is 9. The molecule has 0 unspecified atom stereocenters. The predicted octanol–water partition coefficient (Wildman–Crippen LogP) is 14.5. The summed E-state index contributed by atoms with van der Waals surface area (Å²) < 4.78 is 0. The van der Waals surface area contributed by atoms with Crippen molar-refractivity contribution in [3.05, 3.63) is 199 Å². The summed E-state index contributed by atoms with van der Waals surface area (Å²) in [5, 5.41) is 7.55. The first kappa shape index (κ1) is 31.5. The van der Waals surface area contributed by atoms with Gasteiger partial charge in [-0.3, -0.25) is 0 Å². The molecule has 248 valence electrons. The highest BCUT2D eigenvalue weighted by Crippen LogP contribution is 2.50. The lowest BCUT2D eigenvalue weighted by atomic mass is 9.81. The van der Waals surface area contributed by atoms with E-state index in [1.54, 1.807) is 0 Å². The van der Waals surface area contributed by atoms with Gasteiger partial charge in [-0.25, -0.2) is 0 Å². The van der Waals surface area contributed by atoms with Gasteiger partial charge in [0, 0.05) is 17.1 Å². The van der Waals surface area contributed by atoms with Crippen molar-refractivity contribution < 1.29 is 0 Å².